The maximum Gasteiger partial charge on any atom is 0.123 e. The molecule has 4 nitrogen and oxygen atoms in total. The predicted octanol–water partition coefficient (Wildman–Crippen LogP) is 2.78. The lowest BCUT2D eigenvalue weighted by Crippen LogP contribution is -2.47. The number of rotatable bonds is 4. The van der Waals surface area contributed by atoms with Crippen molar-refractivity contribution in [3.05, 3.63) is 63.3 Å². The van der Waals surface area contributed by atoms with Gasteiger partial charge >= 0.3 is 0 Å². The van der Waals surface area contributed by atoms with Gasteiger partial charge in [-0.3, -0.25) is 0 Å². The number of aryl methyl sites for hydroxylation is 1. The minimum absolute atomic E-state index is 0.193. The van der Waals surface area contributed by atoms with Crippen LogP contribution in [0.5, 0.6) is 0 Å². The molecule has 0 bridgehead atoms. The summed E-state index contributed by atoms with van der Waals surface area (Å²) in [6.45, 7) is 2.26. The lowest BCUT2D eigenvalue weighted by atomic mass is 10.1. The van der Waals surface area contributed by atoms with E-state index in [0.29, 0.717) is 17.1 Å². The summed E-state index contributed by atoms with van der Waals surface area (Å²) in [6, 6.07) is 11.8. The number of quaternary nitrogens is 1. The Morgan fingerprint density at radius 2 is 1.90 bits per heavy atom. The summed E-state index contributed by atoms with van der Waals surface area (Å²) in [5.74, 6) is 0. The minimum atomic E-state index is -3.79. The van der Waals surface area contributed by atoms with Crippen molar-refractivity contribution in [1.82, 2.24) is 0 Å². The van der Waals surface area contributed by atoms with Gasteiger partial charge in [0.2, 0.25) is 0 Å². The van der Waals surface area contributed by atoms with Crippen molar-refractivity contribution < 1.29 is 14.2 Å². The maximum atomic E-state index is 12.4. The highest BCUT2D eigenvalue weighted by atomic mass is 35.5. The summed E-state index contributed by atoms with van der Waals surface area (Å²) >= 11 is 5.95. The molecule has 0 aromatic heterocycles. The van der Waals surface area contributed by atoms with Crippen LogP contribution in [-0.4, -0.2) is 8.42 Å². The van der Waals surface area contributed by atoms with Crippen LogP contribution in [0.25, 0.3) is 4.72 Å². The van der Waals surface area contributed by atoms with E-state index in [-0.39, 0.29) is 10.6 Å². The second kappa shape index (κ2) is 5.83. The van der Waals surface area contributed by atoms with Gasteiger partial charge in [-0.1, -0.05) is 41.9 Å². The summed E-state index contributed by atoms with van der Waals surface area (Å²) in [7, 11) is -3.79. The van der Waals surface area contributed by atoms with Crippen LogP contribution in [0.4, 0.5) is 5.69 Å². The Balaban J connectivity index is 2.43. The van der Waals surface area contributed by atoms with E-state index in [2.05, 4.69) is 10.5 Å². The molecule has 0 amide bonds. The third-order valence-corrected chi connectivity index (χ3v) is 4.64. The molecule has 0 atom stereocenters. The standard InChI is InChI=1S/C14H14ClN2O2S/c1-10-6-7-11(9-16)8-14(10)20(18,19)17-13-5-3-2-4-12(13)15/h2-8H,9,16H2,1H3/q-1/p+1. The fourth-order valence-electron chi connectivity index (χ4n) is 1.78. The Bertz CT molecular complexity index is 730. The van der Waals surface area contributed by atoms with Gasteiger partial charge in [-0.2, -0.15) is 0 Å². The largest absolute Gasteiger partial charge is 0.571 e. The topological polar surface area (TPSA) is 75.9 Å². The number of halogens is 1. The quantitative estimate of drug-likeness (QED) is 0.942. The van der Waals surface area contributed by atoms with E-state index < -0.39 is 10.0 Å². The summed E-state index contributed by atoms with van der Waals surface area (Å²) in [5.41, 5.74) is 5.51. The van der Waals surface area contributed by atoms with Crippen LogP contribution in [0, 0.1) is 6.92 Å². The molecule has 0 saturated heterocycles. The van der Waals surface area contributed by atoms with Gasteiger partial charge < -0.3 is 10.5 Å². The molecule has 0 spiro atoms. The molecule has 0 heterocycles. The van der Waals surface area contributed by atoms with Gasteiger partial charge in [0.15, 0.2) is 0 Å². The first-order valence-corrected chi connectivity index (χ1v) is 7.87. The van der Waals surface area contributed by atoms with E-state index in [1.165, 1.54) is 0 Å². The first-order valence-electron chi connectivity index (χ1n) is 6.05. The van der Waals surface area contributed by atoms with Crippen LogP contribution in [0.1, 0.15) is 11.1 Å². The molecule has 2 aromatic rings. The molecule has 0 saturated carbocycles. The fraction of sp³-hybridized carbons (Fsp3) is 0.143. The van der Waals surface area contributed by atoms with Gasteiger partial charge in [0, 0.05) is 10.6 Å². The van der Waals surface area contributed by atoms with Crippen molar-refractivity contribution in [2.75, 3.05) is 0 Å². The van der Waals surface area contributed by atoms with E-state index in [4.69, 9.17) is 11.6 Å². The van der Waals surface area contributed by atoms with Crippen molar-refractivity contribution in [2.24, 2.45) is 0 Å². The summed E-state index contributed by atoms with van der Waals surface area (Å²) < 4.78 is 28.6. The monoisotopic (exact) mass is 310 g/mol. The molecule has 0 radical (unpaired) electrons. The third kappa shape index (κ3) is 3.12. The van der Waals surface area contributed by atoms with Gasteiger partial charge in [0.25, 0.3) is 0 Å². The Morgan fingerprint density at radius 3 is 2.55 bits per heavy atom. The van der Waals surface area contributed by atoms with Crippen LogP contribution in [0.15, 0.2) is 47.4 Å². The Labute approximate surface area is 123 Å². The second-order valence-corrected chi connectivity index (χ2v) is 6.35. The summed E-state index contributed by atoms with van der Waals surface area (Å²) in [6.07, 6.45) is 0. The van der Waals surface area contributed by atoms with Crippen molar-refractivity contribution >= 4 is 27.3 Å². The van der Waals surface area contributed by atoms with Gasteiger partial charge in [-0.05, 0) is 24.6 Å². The first-order chi connectivity index (χ1) is 9.44. The van der Waals surface area contributed by atoms with Gasteiger partial charge in [0.1, 0.15) is 10.0 Å². The Kier molecular flexibility index (Phi) is 4.32. The molecule has 0 unspecified atom stereocenters. The Hall–Kier alpha value is -1.56. The van der Waals surface area contributed by atoms with Crippen molar-refractivity contribution in [1.29, 1.82) is 0 Å². The zero-order chi connectivity index (χ0) is 14.8. The van der Waals surface area contributed by atoms with E-state index in [1.54, 1.807) is 43.3 Å². The number of nitrogens with zero attached hydrogens (tertiary/aromatic N) is 1. The first kappa shape index (κ1) is 14.8. The number of hydrogen-bond acceptors (Lipinski definition) is 2. The molecular weight excluding hydrogens is 296 g/mol. The molecule has 3 N–H and O–H groups in total. The highest BCUT2D eigenvalue weighted by Crippen LogP contribution is 2.34. The van der Waals surface area contributed by atoms with E-state index >= 15 is 0 Å². The molecule has 20 heavy (non-hydrogen) atoms. The molecule has 6 heteroatoms. The molecule has 0 aliphatic heterocycles. The van der Waals surface area contributed by atoms with Crippen LogP contribution in [0.3, 0.4) is 0 Å². The van der Waals surface area contributed by atoms with Crippen LogP contribution in [0.2, 0.25) is 5.02 Å². The van der Waals surface area contributed by atoms with E-state index in [9.17, 15) is 8.42 Å². The maximum absolute atomic E-state index is 12.4. The van der Waals surface area contributed by atoms with Crippen molar-refractivity contribution in [3.8, 4) is 0 Å². The predicted molar refractivity (Wildman–Crippen MR) is 79.4 cm³/mol. The zero-order valence-corrected chi connectivity index (χ0v) is 12.6. The lowest BCUT2D eigenvalue weighted by Gasteiger charge is -2.24. The lowest BCUT2D eigenvalue weighted by molar-refractivity contribution is -0.386. The van der Waals surface area contributed by atoms with Gasteiger partial charge in [-0.15, -0.1) is 5.69 Å². The van der Waals surface area contributed by atoms with E-state index in [1.807, 2.05) is 6.07 Å². The molecule has 2 aromatic carbocycles. The van der Waals surface area contributed by atoms with Crippen molar-refractivity contribution in [3.63, 3.8) is 0 Å². The average Bonchev–Trinajstić information content (AvgIpc) is 2.41. The summed E-state index contributed by atoms with van der Waals surface area (Å²) in [4.78, 5) is 0.193. The van der Waals surface area contributed by atoms with Crippen LogP contribution in [-0.2, 0) is 16.6 Å². The van der Waals surface area contributed by atoms with Crippen molar-refractivity contribution in [2.45, 2.75) is 18.4 Å². The number of sulfonamides is 1. The average molecular weight is 311 g/mol. The van der Waals surface area contributed by atoms with Gasteiger partial charge in [0.05, 0.1) is 11.4 Å². The second-order valence-electron chi connectivity index (χ2n) is 4.37. The minimum Gasteiger partial charge on any atom is -0.571 e. The molecule has 106 valence electrons. The number of hydrogen-bond donors (Lipinski definition) is 1. The molecule has 0 fully saturated rings. The highest BCUT2D eigenvalue weighted by Gasteiger charge is 2.10. The Morgan fingerprint density at radius 1 is 1.20 bits per heavy atom. The highest BCUT2D eigenvalue weighted by molar-refractivity contribution is 7.94. The SMILES string of the molecule is Cc1ccc(C[NH3+])cc1S(=O)(=O)[N-]c1ccccc1Cl. The van der Waals surface area contributed by atoms with Crippen LogP contribution >= 0.6 is 11.6 Å². The van der Waals surface area contributed by atoms with E-state index in [0.717, 1.165) is 5.56 Å². The number of benzene rings is 2. The third-order valence-electron chi connectivity index (χ3n) is 2.89. The molecule has 0 aliphatic carbocycles. The normalized spacial score (nSPS) is 11.3. The molecule has 2 rings (SSSR count). The zero-order valence-electron chi connectivity index (χ0n) is 11.0. The van der Waals surface area contributed by atoms with Crippen LogP contribution < -0.4 is 5.73 Å². The summed E-state index contributed by atoms with van der Waals surface area (Å²) in [5, 5.41) is 0.307. The smallest absolute Gasteiger partial charge is 0.123 e. The fourth-order valence-corrected chi connectivity index (χ4v) is 3.30. The van der Waals surface area contributed by atoms with Gasteiger partial charge in [-0.25, -0.2) is 8.42 Å². The molecular formula is C14H15ClN2O2S. The molecule has 0 aliphatic rings.